The molecule has 114 valence electrons. The Labute approximate surface area is 146 Å². The summed E-state index contributed by atoms with van der Waals surface area (Å²) in [6.07, 6.45) is 0. The summed E-state index contributed by atoms with van der Waals surface area (Å²) in [5.74, 6) is 0.0360. The van der Waals surface area contributed by atoms with Crippen LogP contribution in [-0.2, 0) is 0 Å². The smallest absolute Gasteiger partial charge is 0.387 e. The normalized spacial score (nSPS) is 12.5. The number of nitrogens with one attached hydrogen (secondary N) is 1. The summed E-state index contributed by atoms with van der Waals surface area (Å²) in [5.41, 5.74) is 0.405. The molecule has 0 fully saturated rings. The molecule has 2 aromatic rings. The average Bonchev–Trinajstić information content (AvgIpc) is 2.79. The van der Waals surface area contributed by atoms with Gasteiger partial charge in [0.15, 0.2) is 5.75 Å². The molecule has 2 nitrogen and oxygen atoms in total. The van der Waals surface area contributed by atoms with E-state index in [1.165, 1.54) is 6.07 Å². The first-order valence-electron chi connectivity index (χ1n) is 5.81. The number of ether oxygens (including phenoxy) is 1. The van der Waals surface area contributed by atoms with Gasteiger partial charge in [-0.2, -0.15) is 8.78 Å². The molecular formula is C13H10Br2ClF2NOS. The Morgan fingerprint density at radius 2 is 2.00 bits per heavy atom. The second-order valence-electron chi connectivity index (χ2n) is 4.14. The molecule has 21 heavy (non-hydrogen) atoms. The highest BCUT2D eigenvalue weighted by Crippen LogP contribution is 2.40. The molecule has 1 aromatic heterocycles. The van der Waals surface area contributed by atoms with Gasteiger partial charge in [-0.3, -0.25) is 0 Å². The van der Waals surface area contributed by atoms with Crippen LogP contribution in [0.4, 0.5) is 14.5 Å². The number of alkyl halides is 2. The van der Waals surface area contributed by atoms with Gasteiger partial charge in [0.1, 0.15) is 0 Å². The molecule has 0 radical (unpaired) electrons. The Morgan fingerprint density at radius 3 is 2.57 bits per heavy atom. The Bertz CT molecular complexity index is 639. The van der Waals surface area contributed by atoms with Crippen molar-refractivity contribution in [2.24, 2.45) is 0 Å². The van der Waals surface area contributed by atoms with Crippen LogP contribution >= 0.6 is 54.8 Å². The molecule has 0 saturated carbocycles. The third-order valence-electron chi connectivity index (χ3n) is 2.63. The maximum Gasteiger partial charge on any atom is 0.387 e. The molecule has 0 saturated heterocycles. The van der Waals surface area contributed by atoms with Crippen molar-refractivity contribution in [1.29, 1.82) is 0 Å². The fourth-order valence-corrected chi connectivity index (χ4v) is 4.42. The number of benzene rings is 1. The van der Waals surface area contributed by atoms with E-state index in [0.717, 1.165) is 9.35 Å². The number of hydrogen-bond acceptors (Lipinski definition) is 3. The lowest BCUT2D eigenvalue weighted by Gasteiger charge is -2.19. The predicted molar refractivity (Wildman–Crippen MR) is 89.8 cm³/mol. The molecule has 0 amide bonds. The van der Waals surface area contributed by atoms with Gasteiger partial charge in [-0.1, -0.05) is 11.6 Å². The minimum absolute atomic E-state index is 0.0360. The van der Waals surface area contributed by atoms with Crippen molar-refractivity contribution in [2.75, 3.05) is 5.32 Å². The van der Waals surface area contributed by atoms with E-state index in [1.54, 1.807) is 17.4 Å². The van der Waals surface area contributed by atoms with Gasteiger partial charge in [-0.25, -0.2) is 0 Å². The van der Waals surface area contributed by atoms with Crippen LogP contribution in [0.25, 0.3) is 0 Å². The topological polar surface area (TPSA) is 21.3 Å². The molecule has 1 heterocycles. The molecule has 2 rings (SSSR count). The van der Waals surface area contributed by atoms with Gasteiger partial charge in [-0.15, -0.1) is 11.3 Å². The summed E-state index contributed by atoms with van der Waals surface area (Å²) in [6.45, 7) is -0.982. The van der Waals surface area contributed by atoms with Crippen molar-refractivity contribution < 1.29 is 13.5 Å². The summed E-state index contributed by atoms with van der Waals surface area (Å²) in [6, 6.07) is 4.91. The van der Waals surface area contributed by atoms with E-state index in [4.69, 9.17) is 11.6 Å². The third kappa shape index (κ3) is 4.31. The second-order valence-corrected chi connectivity index (χ2v) is 7.23. The highest BCUT2D eigenvalue weighted by Gasteiger charge is 2.18. The van der Waals surface area contributed by atoms with Crippen LogP contribution in [0.2, 0.25) is 5.02 Å². The van der Waals surface area contributed by atoms with Crippen LogP contribution < -0.4 is 10.1 Å². The lowest BCUT2D eigenvalue weighted by Crippen LogP contribution is -2.10. The fraction of sp³-hybridized carbons (Fsp3) is 0.231. The molecule has 1 aromatic carbocycles. The van der Waals surface area contributed by atoms with Crippen LogP contribution in [-0.4, -0.2) is 6.61 Å². The first-order valence-corrected chi connectivity index (χ1v) is 8.66. The van der Waals surface area contributed by atoms with E-state index in [1.807, 2.05) is 18.4 Å². The standard InChI is InChI=1S/C13H10Br2ClF2NOS/c1-6(12-8(14)2-3-21-12)19-10-5-7(16)4-9(15)11(10)20-13(17)18/h2-6,13,19H,1H3. The van der Waals surface area contributed by atoms with Gasteiger partial charge in [0.2, 0.25) is 0 Å². The molecular weight excluding hydrogens is 451 g/mol. The summed E-state index contributed by atoms with van der Waals surface area (Å²) < 4.78 is 31.0. The van der Waals surface area contributed by atoms with Gasteiger partial charge < -0.3 is 10.1 Å². The van der Waals surface area contributed by atoms with Crippen molar-refractivity contribution in [1.82, 2.24) is 0 Å². The fourth-order valence-electron chi connectivity index (χ4n) is 1.79. The molecule has 1 N–H and O–H groups in total. The molecule has 0 spiro atoms. The van der Waals surface area contributed by atoms with Crippen molar-refractivity contribution in [2.45, 2.75) is 19.6 Å². The molecule has 8 heteroatoms. The average molecular weight is 462 g/mol. The summed E-state index contributed by atoms with van der Waals surface area (Å²) >= 11 is 14.2. The summed E-state index contributed by atoms with van der Waals surface area (Å²) in [5, 5.41) is 5.51. The molecule has 0 bridgehead atoms. The van der Waals surface area contributed by atoms with Crippen LogP contribution in [0.5, 0.6) is 5.75 Å². The van der Waals surface area contributed by atoms with Crippen LogP contribution in [0, 0.1) is 0 Å². The first kappa shape index (κ1) is 17.0. The van der Waals surface area contributed by atoms with E-state index in [2.05, 4.69) is 41.9 Å². The monoisotopic (exact) mass is 459 g/mol. The van der Waals surface area contributed by atoms with Crippen molar-refractivity contribution >= 4 is 60.5 Å². The van der Waals surface area contributed by atoms with Crippen LogP contribution in [0.15, 0.2) is 32.5 Å². The summed E-state index contributed by atoms with van der Waals surface area (Å²) in [4.78, 5) is 1.05. The number of thiophene rings is 1. The number of hydrogen-bond donors (Lipinski definition) is 1. The Balaban J connectivity index is 2.32. The van der Waals surface area contributed by atoms with Crippen LogP contribution in [0.1, 0.15) is 17.8 Å². The maximum absolute atomic E-state index is 12.5. The highest BCUT2D eigenvalue weighted by molar-refractivity contribution is 9.10. The van der Waals surface area contributed by atoms with Gasteiger partial charge in [-0.05, 0) is 62.4 Å². The maximum atomic E-state index is 12.5. The van der Waals surface area contributed by atoms with Crippen molar-refractivity contribution in [3.63, 3.8) is 0 Å². The van der Waals surface area contributed by atoms with E-state index in [-0.39, 0.29) is 11.8 Å². The third-order valence-corrected chi connectivity index (χ3v) is 5.49. The Hall–Kier alpha value is -0.370. The molecule has 0 aliphatic heterocycles. The van der Waals surface area contributed by atoms with Gasteiger partial charge >= 0.3 is 6.61 Å². The Kier molecular flexibility index (Phi) is 5.88. The van der Waals surface area contributed by atoms with E-state index < -0.39 is 6.61 Å². The highest BCUT2D eigenvalue weighted by atomic mass is 79.9. The zero-order valence-electron chi connectivity index (χ0n) is 10.7. The quantitative estimate of drug-likeness (QED) is 0.535. The molecule has 0 aliphatic rings. The minimum atomic E-state index is -2.91. The largest absolute Gasteiger partial charge is 0.431 e. The minimum Gasteiger partial charge on any atom is -0.431 e. The number of anilines is 1. The van der Waals surface area contributed by atoms with Crippen LogP contribution in [0.3, 0.4) is 0 Å². The van der Waals surface area contributed by atoms with E-state index in [0.29, 0.717) is 15.2 Å². The molecule has 1 atom stereocenters. The molecule has 0 aliphatic carbocycles. The first-order chi connectivity index (χ1) is 9.88. The second kappa shape index (κ2) is 7.26. The zero-order chi connectivity index (χ0) is 15.6. The van der Waals surface area contributed by atoms with Gasteiger partial charge in [0.05, 0.1) is 16.2 Å². The lowest BCUT2D eigenvalue weighted by molar-refractivity contribution is -0.0498. The SMILES string of the molecule is CC(Nc1cc(Cl)cc(Br)c1OC(F)F)c1sccc1Br. The lowest BCUT2D eigenvalue weighted by atomic mass is 10.2. The Morgan fingerprint density at radius 1 is 1.29 bits per heavy atom. The van der Waals surface area contributed by atoms with E-state index in [9.17, 15) is 8.78 Å². The number of halogens is 5. The summed E-state index contributed by atoms with van der Waals surface area (Å²) in [7, 11) is 0. The van der Waals surface area contributed by atoms with E-state index >= 15 is 0 Å². The van der Waals surface area contributed by atoms with Gasteiger partial charge in [0.25, 0.3) is 0 Å². The van der Waals surface area contributed by atoms with Gasteiger partial charge in [0, 0.05) is 14.4 Å². The molecule has 1 unspecified atom stereocenters. The zero-order valence-corrected chi connectivity index (χ0v) is 15.4. The predicted octanol–water partition coefficient (Wildman–Crippen LogP) is 6.70. The van der Waals surface area contributed by atoms with Crippen molar-refractivity contribution in [3.05, 3.63) is 42.4 Å². The van der Waals surface area contributed by atoms with Crippen molar-refractivity contribution in [3.8, 4) is 5.75 Å². The number of rotatable bonds is 5.